The number of hydrogen-bond acceptors (Lipinski definition) is 8. The molecule has 0 bridgehead atoms. The molecule has 1 aliphatic carbocycles. The van der Waals surface area contributed by atoms with E-state index in [4.69, 9.17) is 9.47 Å². The maximum absolute atomic E-state index is 12.2. The standard InChI is InChI=1S/C14H24N2O8/c1-6(18)16-14(13(22)15-2)4-3-8(14)24-12-11(21)10(20)9(19)7(5-17)23-12/h7-12,17,19-21H,3-5H2,1-2H3,(H,15,22)(H,16,18)/t7-,8+,9-,10+,11-,12+,14+/m1/s1. The van der Waals surface area contributed by atoms with E-state index in [-0.39, 0.29) is 0 Å². The molecule has 0 unspecified atom stereocenters. The third-order valence-electron chi connectivity index (χ3n) is 4.53. The van der Waals surface area contributed by atoms with Gasteiger partial charge in [0.05, 0.1) is 12.7 Å². The monoisotopic (exact) mass is 348 g/mol. The van der Waals surface area contributed by atoms with E-state index in [9.17, 15) is 30.0 Å². The molecule has 0 aromatic heterocycles. The maximum atomic E-state index is 12.2. The second-order valence-corrected chi connectivity index (χ2v) is 6.09. The number of likely N-dealkylation sites (N-methyl/N-ethyl adjacent to an activating group) is 1. The van der Waals surface area contributed by atoms with Crippen LogP contribution in [0.2, 0.25) is 0 Å². The molecule has 2 aliphatic rings. The van der Waals surface area contributed by atoms with E-state index in [2.05, 4.69) is 10.6 Å². The van der Waals surface area contributed by atoms with Crippen molar-refractivity contribution < 1.29 is 39.5 Å². The number of amides is 2. The summed E-state index contributed by atoms with van der Waals surface area (Å²) < 4.78 is 10.9. The molecule has 7 atom stereocenters. The molecule has 2 fully saturated rings. The fourth-order valence-electron chi connectivity index (χ4n) is 3.07. The van der Waals surface area contributed by atoms with Gasteiger partial charge < -0.3 is 40.5 Å². The van der Waals surface area contributed by atoms with Crippen molar-refractivity contribution in [1.82, 2.24) is 10.6 Å². The predicted molar refractivity (Wildman–Crippen MR) is 78.5 cm³/mol. The smallest absolute Gasteiger partial charge is 0.248 e. The lowest BCUT2D eigenvalue weighted by atomic mass is 9.72. The Morgan fingerprint density at radius 2 is 1.92 bits per heavy atom. The minimum absolute atomic E-state index is 0.342. The van der Waals surface area contributed by atoms with Gasteiger partial charge in [-0.25, -0.2) is 0 Å². The lowest BCUT2D eigenvalue weighted by Gasteiger charge is -2.50. The normalized spacial score (nSPS) is 42.1. The molecule has 138 valence electrons. The van der Waals surface area contributed by atoms with Gasteiger partial charge >= 0.3 is 0 Å². The van der Waals surface area contributed by atoms with Crippen LogP contribution >= 0.6 is 0 Å². The number of hydrogen-bond donors (Lipinski definition) is 6. The van der Waals surface area contributed by atoms with Crippen LogP contribution in [-0.4, -0.2) is 88.2 Å². The quantitative estimate of drug-likeness (QED) is 0.300. The number of nitrogens with one attached hydrogen (secondary N) is 2. The number of aliphatic hydroxyl groups is 4. The molecular formula is C14H24N2O8. The Kier molecular flexibility index (Phi) is 5.78. The first-order valence-electron chi connectivity index (χ1n) is 7.73. The number of carbonyl (C=O) groups excluding carboxylic acids is 2. The number of aliphatic hydroxyl groups excluding tert-OH is 4. The Bertz CT molecular complexity index is 487. The minimum atomic E-state index is -1.57. The summed E-state index contributed by atoms with van der Waals surface area (Å²) in [4.78, 5) is 23.6. The molecule has 1 aliphatic heterocycles. The van der Waals surface area contributed by atoms with Crippen LogP contribution in [0.5, 0.6) is 0 Å². The van der Waals surface area contributed by atoms with Crippen molar-refractivity contribution >= 4 is 11.8 Å². The lowest BCUT2D eigenvalue weighted by molar-refractivity contribution is -0.322. The molecule has 1 heterocycles. The Morgan fingerprint density at radius 3 is 2.38 bits per heavy atom. The van der Waals surface area contributed by atoms with Crippen molar-refractivity contribution in [2.45, 2.75) is 62.1 Å². The van der Waals surface area contributed by atoms with Crippen molar-refractivity contribution in [3.05, 3.63) is 0 Å². The molecule has 24 heavy (non-hydrogen) atoms. The molecule has 0 spiro atoms. The highest BCUT2D eigenvalue weighted by Gasteiger charge is 2.56. The van der Waals surface area contributed by atoms with Crippen LogP contribution in [0.1, 0.15) is 19.8 Å². The summed E-state index contributed by atoms with van der Waals surface area (Å²) in [7, 11) is 1.43. The van der Waals surface area contributed by atoms with E-state index < -0.39 is 60.8 Å². The average Bonchev–Trinajstić information content (AvgIpc) is 2.54. The van der Waals surface area contributed by atoms with Crippen LogP contribution in [0.15, 0.2) is 0 Å². The first-order valence-corrected chi connectivity index (χ1v) is 7.73. The van der Waals surface area contributed by atoms with Crippen LogP contribution in [0.3, 0.4) is 0 Å². The molecule has 0 radical (unpaired) electrons. The van der Waals surface area contributed by atoms with Gasteiger partial charge in [-0.05, 0) is 12.8 Å². The first-order chi connectivity index (χ1) is 11.3. The second-order valence-electron chi connectivity index (χ2n) is 6.09. The summed E-state index contributed by atoms with van der Waals surface area (Å²) in [6.07, 6.45) is -7.13. The van der Waals surface area contributed by atoms with Gasteiger partial charge in [0.25, 0.3) is 0 Å². The summed E-state index contributed by atoms with van der Waals surface area (Å²) in [6.45, 7) is 0.690. The van der Waals surface area contributed by atoms with Crippen molar-refractivity contribution in [2.75, 3.05) is 13.7 Å². The van der Waals surface area contributed by atoms with Crippen LogP contribution < -0.4 is 10.6 Å². The summed E-state index contributed by atoms with van der Waals surface area (Å²) >= 11 is 0. The minimum Gasteiger partial charge on any atom is -0.394 e. The number of ether oxygens (including phenoxy) is 2. The summed E-state index contributed by atoms with van der Waals surface area (Å²) in [6, 6.07) is 0. The molecule has 0 aromatic carbocycles. The topological polar surface area (TPSA) is 158 Å². The highest BCUT2D eigenvalue weighted by molar-refractivity contribution is 5.92. The fourth-order valence-corrected chi connectivity index (χ4v) is 3.07. The number of carbonyl (C=O) groups is 2. The van der Waals surface area contributed by atoms with Crippen molar-refractivity contribution in [1.29, 1.82) is 0 Å². The van der Waals surface area contributed by atoms with Gasteiger partial charge in [-0.15, -0.1) is 0 Å². The predicted octanol–water partition coefficient (Wildman–Crippen LogP) is -3.41. The van der Waals surface area contributed by atoms with Crippen molar-refractivity contribution in [2.24, 2.45) is 0 Å². The van der Waals surface area contributed by atoms with Crippen molar-refractivity contribution in [3.63, 3.8) is 0 Å². The van der Waals surface area contributed by atoms with Gasteiger partial charge in [0.2, 0.25) is 11.8 Å². The molecule has 2 amide bonds. The van der Waals surface area contributed by atoms with E-state index in [0.717, 1.165) is 0 Å². The zero-order chi connectivity index (χ0) is 18.1. The Labute approximate surface area is 138 Å². The SMILES string of the molecule is CNC(=O)[C@]1(NC(C)=O)CC[C@@H]1O[C@@H]1O[C@H](CO)[C@@H](O)[C@H](O)[C@H]1O. The van der Waals surface area contributed by atoms with Gasteiger partial charge in [0.1, 0.15) is 30.0 Å². The van der Waals surface area contributed by atoms with E-state index in [1.54, 1.807) is 0 Å². The van der Waals surface area contributed by atoms with Gasteiger partial charge in [-0.2, -0.15) is 0 Å². The average molecular weight is 348 g/mol. The number of rotatable bonds is 5. The zero-order valence-corrected chi connectivity index (χ0v) is 13.5. The summed E-state index contributed by atoms with van der Waals surface area (Å²) in [5.41, 5.74) is -1.29. The van der Waals surface area contributed by atoms with Crippen LogP contribution in [0.25, 0.3) is 0 Å². The second kappa shape index (κ2) is 7.30. The zero-order valence-electron chi connectivity index (χ0n) is 13.5. The molecule has 1 saturated heterocycles. The Hall–Kier alpha value is -1.30. The van der Waals surface area contributed by atoms with Gasteiger partial charge in [0, 0.05) is 14.0 Å². The molecule has 10 heteroatoms. The molecule has 6 N–H and O–H groups in total. The van der Waals surface area contributed by atoms with E-state index in [1.807, 2.05) is 0 Å². The van der Waals surface area contributed by atoms with E-state index in [1.165, 1.54) is 14.0 Å². The molecule has 10 nitrogen and oxygen atoms in total. The highest BCUT2D eigenvalue weighted by atomic mass is 16.7. The molecule has 0 aromatic rings. The first kappa shape index (κ1) is 19.0. The fraction of sp³-hybridized carbons (Fsp3) is 0.857. The maximum Gasteiger partial charge on any atom is 0.248 e. The third kappa shape index (κ3) is 3.25. The largest absolute Gasteiger partial charge is 0.394 e. The molecule has 2 rings (SSSR count). The lowest BCUT2D eigenvalue weighted by Crippen LogP contribution is -2.72. The van der Waals surface area contributed by atoms with Gasteiger partial charge in [-0.3, -0.25) is 9.59 Å². The van der Waals surface area contributed by atoms with Crippen molar-refractivity contribution in [3.8, 4) is 0 Å². The van der Waals surface area contributed by atoms with Crippen LogP contribution in [0, 0.1) is 0 Å². The Morgan fingerprint density at radius 1 is 1.25 bits per heavy atom. The van der Waals surface area contributed by atoms with Crippen LogP contribution in [-0.2, 0) is 19.1 Å². The van der Waals surface area contributed by atoms with E-state index in [0.29, 0.717) is 12.8 Å². The van der Waals surface area contributed by atoms with Crippen LogP contribution in [0.4, 0.5) is 0 Å². The summed E-state index contributed by atoms with van der Waals surface area (Å²) in [5.74, 6) is -0.862. The Balaban J connectivity index is 2.13. The highest BCUT2D eigenvalue weighted by Crippen LogP contribution is 2.38. The van der Waals surface area contributed by atoms with Gasteiger partial charge in [0.15, 0.2) is 6.29 Å². The summed E-state index contributed by atoms with van der Waals surface area (Å²) in [5, 5.41) is 43.8. The van der Waals surface area contributed by atoms with Gasteiger partial charge in [-0.1, -0.05) is 0 Å². The van der Waals surface area contributed by atoms with E-state index >= 15 is 0 Å². The third-order valence-corrected chi connectivity index (χ3v) is 4.53. The molecule has 1 saturated carbocycles. The molecular weight excluding hydrogens is 324 g/mol.